The molecule has 0 radical (unpaired) electrons. The SMILES string of the molecule is N#CC(=N\Cl)/C(C#N)=N/Cl. The Bertz CT molecular complexity index is 225. The topological polar surface area (TPSA) is 72.3 Å². The van der Waals surface area contributed by atoms with Gasteiger partial charge in [-0.1, -0.05) is 0 Å². The first-order valence-electron chi connectivity index (χ1n) is 1.98. The average molecular weight is 175 g/mol. The molecule has 0 amide bonds. The van der Waals surface area contributed by atoms with Crippen LogP contribution in [-0.4, -0.2) is 11.4 Å². The summed E-state index contributed by atoms with van der Waals surface area (Å²) in [5.41, 5.74) is -0.585. The highest BCUT2D eigenvalue weighted by atomic mass is 35.5. The van der Waals surface area contributed by atoms with Crippen LogP contribution in [-0.2, 0) is 0 Å². The molecule has 0 fully saturated rings. The Balaban J connectivity index is 4.70. The minimum absolute atomic E-state index is 0.292. The zero-order chi connectivity index (χ0) is 7.98. The Morgan fingerprint density at radius 2 is 1.30 bits per heavy atom. The molecule has 4 nitrogen and oxygen atoms in total. The van der Waals surface area contributed by atoms with Gasteiger partial charge in [-0.05, 0) is 0 Å². The van der Waals surface area contributed by atoms with E-state index in [4.69, 9.17) is 34.1 Å². The number of hydrogen-bond acceptors (Lipinski definition) is 4. The normalized spacial score (nSPS) is 12.0. The molecule has 0 aliphatic heterocycles. The van der Waals surface area contributed by atoms with Crippen molar-refractivity contribution in [3.63, 3.8) is 0 Å². The van der Waals surface area contributed by atoms with Crippen molar-refractivity contribution in [1.29, 1.82) is 10.5 Å². The van der Waals surface area contributed by atoms with Gasteiger partial charge >= 0.3 is 0 Å². The molecule has 0 aliphatic rings. The van der Waals surface area contributed by atoms with Crippen LogP contribution in [0.3, 0.4) is 0 Å². The second-order valence-electron chi connectivity index (χ2n) is 1.09. The molecule has 0 spiro atoms. The van der Waals surface area contributed by atoms with Gasteiger partial charge in [0.05, 0.1) is 0 Å². The predicted molar refractivity (Wildman–Crippen MR) is 37.8 cm³/mol. The average Bonchev–Trinajstić information content (AvgIpc) is 2.00. The molecule has 0 N–H and O–H groups in total. The standard InChI is InChI=1S/C4Cl2N4/c5-9-3(1-7)4(2-8)10-6/b9-3+,10-4+. The Labute approximate surface area is 67.2 Å². The van der Waals surface area contributed by atoms with Crippen molar-refractivity contribution in [2.45, 2.75) is 0 Å². The molecule has 0 bridgehead atoms. The highest BCUT2D eigenvalue weighted by molar-refractivity contribution is 6.57. The van der Waals surface area contributed by atoms with Crippen molar-refractivity contribution in [3.05, 3.63) is 0 Å². The summed E-state index contributed by atoms with van der Waals surface area (Å²) in [5.74, 6) is 0. The van der Waals surface area contributed by atoms with E-state index in [1.165, 1.54) is 12.1 Å². The van der Waals surface area contributed by atoms with Gasteiger partial charge in [0.25, 0.3) is 0 Å². The molecule has 0 aliphatic carbocycles. The summed E-state index contributed by atoms with van der Waals surface area (Å²) >= 11 is 9.79. The Morgan fingerprint density at radius 1 is 1.00 bits per heavy atom. The van der Waals surface area contributed by atoms with E-state index in [0.29, 0.717) is 0 Å². The van der Waals surface area contributed by atoms with E-state index in [0.717, 1.165) is 0 Å². The smallest absolute Gasteiger partial charge is 0.191 e. The molecule has 50 valence electrons. The van der Waals surface area contributed by atoms with Gasteiger partial charge in [0, 0.05) is 23.6 Å². The zero-order valence-electron chi connectivity index (χ0n) is 4.54. The van der Waals surface area contributed by atoms with Crippen LogP contribution < -0.4 is 0 Å². The third-order valence-electron chi connectivity index (χ3n) is 0.605. The van der Waals surface area contributed by atoms with Gasteiger partial charge in [-0.15, -0.1) is 0 Å². The molecule has 0 rings (SSSR count). The minimum atomic E-state index is -0.292. The molecule has 0 aromatic heterocycles. The Kier molecular flexibility index (Phi) is 4.23. The van der Waals surface area contributed by atoms with E-state index in [1.807, 2.05) is 0 Å². The zero-order valence-corrected chi connectivity index (χ0v) is 6.06. The van der Waals surface area contributed by atoms with Crippen molar-refractivity contribution in [2.24, 2.45) is 9.02 Å². The number of halogens is 2. The van der Waals surface area contributed by atoms with E-state index >= 15 is 0 Å². The maximum Gasteiger partial charge on any atom is 0.192 e. The van der Waals surface area contributed by atoms with Crippen molar-refractivity contribution in [3.8, 4) is 12.1 Å². The van der Waals surface area contributed by atoms with E-state index in [1.54, 1.807) is 0 Å². The van der Waals surface area contributed by atoms with Crippen molar-refractivity contribution >= 4 is 35.0 Å². The van der Waals surface area contributed by atoms with E-state index in [2.05, 4.69) is 9.02 Å². The van der Waals surface area contributed by atoms with Crippen molar-refractivity contribution < 1.29 is 0 Å². The summed E-state index contributed by atoms with van der Waals surface area (Å²) < 4.78 is 5.88. The van der Waals surface area contributed by atoms with E-state index in [9.17, 15) is 0 Å². The highest BCUT2D eigenvalue weighted by Gasteiger charge is 2.05. The summed E-state index contributed by atoms with van der Waals surface area (Å²) in [5, 5.41) is 16.4. The molecule has 10 heavy (non-hydrogen) atoms. The fraction of sp³-hybridized carbons (Fsp3) is 0. The second-order valence-corrected chi connectivity index (χ2v) is 1.43. The molecule has 0 atom stereocenters. The second kappa shape index (κ2) is 4.75. The van der Waals surface area contributed by atoms with Gasteiger partial charge in [-0.25, -0.2) is 0 Å². The number of hydrogen-bond donors (Lipinski definition) is 0. The quantitative estimate of drug-likeness (QED) is 0.562. The Morgan fingerprint density at radius 3 is 1.40 bits per heavy atom. The van der Waals surface area contributed by atoms with Crippen molar-refractivity contribution in [2.75, 3.05) is 0 Å². The summed E-state index contributed by atoms with van der Waals surface area (Å²) in [4.78, 5) is 0. The van der Waals surface area contributed by atoms with Crippen LogP contribution in [0.5, 0.6) is 0 Å². The molecule has 0 aromatic rings. The van der Waals surface area contributed by atoms with Gasteiger partial charge in [0.15, 0.2) is 11.4 Å². The van der Waals surface area contributed by atoms with E-state index in [-0.39, 0.29) is 11.4 Å². The van der Waals surface area contributed by atoms with Crippen LogP contribution >= 0.6 is 23.6 Å². The maximum absolute atomic E-state index is 8.20. The third-order valence-corrected chi connectivity index (χ3v) is 0.943. The van der Waals surface area contributed by atoms with Gasteiger partial charge in [0.2, 0.25) is 0 Å². The largest absolute Gasteiger partial charge is 0.192 e. The predicted octanol–water partition coefficient (Wildman–Crippen LogP) is 1.22. The third kappa shape index (κ3) is 2.02. The lowest BCUT2D eigenvalue weighted by molar-refractivity contribution is 1.54. The van der Waals surface area contributed by atoms with Crippen LogP contribution in [0.2, 0.25) is 0 Å². The van der Waals surface area contributed by atoms with Crippen LogP contribution in [0.25, 0.3) is 0 Å². The van der Waals surface area contributed by atoms with Gasteiger partial charge in [-0.2, -0.15) is 19.5 Å². The summed E-state index contributed by atoms with van der Waals surface area (Å²) in [6.07, 6.45) is 0. The summed E-state index contributed by atoms with van der Waals surface area (Å²) in [7, 11) is 0. The fourth-order valence-corrected chi connectivity index (χ4v) is 0.459. The molecule has 0 aromatic carbocycles. The lowest BCUT2D eigenvalue weighted by atomic mass is 10.3. The molecule has 0 unspecified atom stereocenters. The first-order valence-corrected chi connectivity index (χ1v) is 2.66. The van der Waals surface area contributed by atoms with Crippen LogP contribution in [0.15, 0.2) is 9.02 Å². The first-order chi connectivity index (χ1) is 4.79. The molecule has 0 saturated carbocycles. The molecular weight excluding hydrogens is 175 g/mol. The minimum Gasteiger partial charge on any atom is -0.191 e. The highest BCUT2D eigenvalue weighted by Crippen LogP contribution is 1.89. The summed E-state index contributed by atoms with van der Waals surface area (Å²) in [6.45, 7) is 0. The maximum atomic E-state index is 8.20. The molecule has 0 heterocycles. The fourth-order valence-electron chi connectivity index (χ4n) is 0.224. The van der Waals surface area contributed by atoms with Crippen LogP contribution in [0.4, 0.5) is 0 Å². The monoisotopic (exact) mass is 174 g/mol. The van der Waals surface area contributed by atoms with Gasteiger partial charge in [0.1, 0.15) is 12.1 Å². The molecule has 0 saturated heterocycles. The molecule has 6 heteroatoms. The number of rotatable bonds is 1. The summed E-state index contributed by atoms with van der Waals surface area (Å²) in [6, 6.07) is 3.07. The Hall–Kier alpha value is -1.10. The number of nitrogens with zero attached hydrogens (tertiary/aromatic N) is 4. The van der Waals surface area contributed by atoms with Crippen molar-refractivity contribution in [1.82, 2.24) is 0 Å². The van der Waals surface area contributed by atoms with Gasteiger partial charge < -0.3 is 0 Å². The number of nitriles is 2. The lowest BCUT2D eigenvalue weighted by Crippen LogP contribution is -2.07. The first kappa shape index (κ1) is 8.90. The van der Waals surface area contributed by atoms with Crippen LogP contribution in [0, 0.1) is 22.7 Å². The molecular formula is C4Cl2N4. The lowest BCUT2D eigenvalue weighted by Gasteiger charge is -1.82. The van der Waals surface area contributed by atoms with Crippen LogP contribution in [0.1, 0.15) is 0 Å². The van der Waals surface area contributed by atoms with Gasteiger partial charge in [-0.3, -0.25) is 0 Å². The van der Waals surface area contributed by atoms with E-state index < -0.39 is 0 Å².